The number of carbonyl (C=O) groups is 1. The van der Waals surface area contributed by atoms with Crippen molar-refractivity contribution in [2.45, 2.75) is 18.4 Å². The van der Waals surface area contributed by atoms with E-state index >= 15 is 0 Å². The minimum Gasteiger partial charge on any atom is -0.464 e. The van der Waals surface area contributed by atoms with Gasteiger partial charge in [0.2, 0.25) is 5.91 Å². The van der Waals surface area contributed by atoms with Gasteiger partial charge in [0.1, 0.15) is 11.1 Å². The van der Waals surface area contributed by atoms with E-state index in [1.54, 1.807) is 30.8 Å². The van der Waals surface area contributed by atoms with E-state index in [2.05, 4.69) is 27.0 Å². The van der Waals surface area contributed by atoms with Crippen molar-refractivity contribution < 1.29 is 9.21 Å². The Hall–Kier alpha value is -2.97. The van der Waals surface area contributed by atoms with Gasteiger partial charge in [0.25, 0.3) is 0 Å². The monoisotopic (exact) mass is 494 g/mol. The lowest BCUT2D eigenvalue weighted by atomic mass is 9.77. The van der Waals surface area contributed by atoms with Crippen molar-refractivity contribution in [2.24, 2.45) is 10.7 Å². The topological polar surface area (TPSA) is 84.7 Å². The molecular formula is C23H19BrN4O2S. The fraction of sp³-hybridized carbons (Fsp3) is 0.174. The van der Waals surface area contributed by atoms with Crippen LogP contribution in [0.4, 0.5) is 0 Å². The number of halogens is 1. The summed E-state index contributed by atoms with van der Waals surface area (Å²) in [7, 11) is 1.66. The molecule has 31 heavy (non-hydrogen) atoms. The highest BCUT2D eigenvalue weighted by Gasteiger charge is 2.48. The lowest BCUT2D eigenvalue weighted by Gasteiger charge is -2.40. The number of nitrogens with zero attached hydrogens (tertiary/aromatic N) is 3. The molecule has 0 radical (unpaired) electrons. The van der Waals surface area contributed by atoms with E-state index in [4.69, 9.17) is 15.1 Å². The lowest BCUT2D eigenvalue weighted by molar-refractivity contribution is -0.130. The van der Waals surface area contributed by atoms with E-state index in [-0.39, 0.29) is 11.9 Å². The van der Waals surface area contributed by atoms with Crippen molar-refractivity contribution in [1.82, 2.24) is 9.88 Å². The molecule has 2 N–H and O–H groups in total. The molecular weight excluding hydrogens is 476 g/mol. The predicted octanol–water partition coefficient (Wildman–Crippen LogP) is 5.10. The molecule has 1 aromatic carbocycles. The average Bonchev–Trinajstić information content (AvgIpc) is 3.42. The van der Waals surface area contributed by atoms with Crippen molar-refractivity contribution >= 4 is 50.1 Å². The molecule has 4 heterocycles. The van der Waals surface area contributed by atoms with E-state index < -0.39 is 11.5 Å². The van der Waals surface area contributed by atoms with Gasteiger partial charge in [-0.3, -0.25) is 14.7 Å². The summed E-state index contributed by atoms with van der Waals surface area (Å²) in [4.78, 5) is 25.1. The highest BCUT2D eigenvalue weighted by Crippen LogP contribution is 2.47. The molecule has 0 saturated carbocycles. The molecule has 0 unspecified atom stereocenters. The van der Waals surface area contributed by atoms with E-state index in [1.807, 2.05) is 48.7 Å². The zero-order chi connectivity index (χ0) is 21.8. The third kappa shape index (κ3) is 3.26. The van der Waals surface area contributed by atoms with Crippen LogP contribution >= 0.6 is 27.3 Å². The number of rotatable bonds is 3. The maximum Gasteiger partial charge on any atom is 0.239 e. The van der Waals surface area contributed by atoms with Gasteiger partial charge in [-0.2, -0.15) is 0 Å². The minimum absolute atomic E-state index is 0.0884. The number of furan rings is 1. The zero-order valence-corrected chi connectivity index (χ0v) is 19.3. The van der Waals surface area contributed by atoms with Crippen LogP contribution in [0.25, 0.3) is 22.2 Å². The standard InChI is InChI=1S/C23H19BrN4O2S/c1-23(19-10-15(12-31-19)17-5-4-16(24)11-26-17)20(21(29)28(2)22(25)27-23)14-3-6-18-13(9-14)7-8-30-18/h3-12,20H,1-2H3,(H2,25,27)/t20-,23-/m1/s1. The molecule has 6 nitrogen and oxygen atoms in total. The van der Waals surface area contributed by atoms with Crippen LogP contribution in [0.2, 0.25) is 0 Å². The number of amides is 1. The molecule has 4 aromatic rings. The summed E-state index contributed by atoms with van der Waals surface area (Å²) >= 11 is 4.98. The molecule has 156 valence electrons. The number of benzene rings is 1. The van der Waals surface area contributed by atoms with Crippen LogP contribution in [0.5, 0.6) is 0 Å². The Bertz CT molecular complexity index is 1330. The maximum absolute atomic E-state index is 13.4. The van der Waals surface area contributed by atoms with Gasteiger partial charge in [0.15, 0.2) is 5.96 Å². The Balaban J connectivity index is 1.64. The zero-order valence-electron chi connectivity index (χ0n) is 16.9. The van der Waals surface area contributed by atoms with Gasteiger partial charge in [0, 0.05) is 38.9 Å². The SMILES string of the molecule is CN1C(=O)[C@@H](c2ccc3occc3c2)[C@@](C)(c2cc(-c3ccc(Br)cn3)cs2)N=C1N. The Kier molecular flexibility index (Phi) is 4.71. The Morgan fingerprint density at radius 1 is 1.23 bits per heavy atom. The summed E-state index contributed by atoms with van der Waals surface area (Å²) in [6, 6.07) is 13.7. The first-order valence-electron chi connectivity index (χ1n) is 9.68. The van der Waals surface area contributed by atoms with Crippen LogP contribution in [0.3, 0.4) is 0 Å². The van der Waals surface area contributed by atoms with Crippen LogP contribution in [0, 0.1) is 0 Å². The number of hydrogen-bond acceptors (Lipinski definition) is 6. The van der Waals surface area contributed by atoms with Crippen molar-refractivity contribution in [3.8, 4) is 11.3 Å². The van der Waals surface area contributed by atoms with Gasteiger partial charge in [-0.25, -0.2) is 4.99 Å². The average molecular weight is 495 g/mol. The lowest BCUT2D eigenvalue weighted by Crippen LogP contribution is -2.52. The van der Waals surface area contributed by atoms with Gasteiger partial charge in [-0.05, 0) is 64.8 Å². The van der Waals surface area contributed by atoms with Gasteiger partial charge in [-0.15, -0.1) is 11.3 Å². The van der Waals surface area contributed by atoms with E-state index in [1.165, 1.54) is 4.90 Å². The van der Waals surface area contributed by atoms with Gasteiger partial charge in [-0.1, -0.05) is 6.07 Å². The number of fused-ring (bicyclic) bond motifs is 1. The molecule has 5 rings (SSSR count). The summed E-state index contributed by atoms with van der Waals surface area (Å²) in [5.74, 6) is -0.395. The summed E-state index contributed by atoms with van der Waals surface area (Å²) in [6.45, 7) is 1.97. The van der Waals surface area contributed by atoms with Gasteiger partial charge in [0.05, 0.1) is 17.9 Å². The highest BCUT2D eigenvalue weighted by atomic mass is 79.9. The third-order valence-electron chi connectivity index (χ3n) is 5.76. The first-order chi connectivity index (χ1) is 14.9. The number of hydrogen-bond donors (Lipinski definition) is 1. The molecule has 0 aliphatic carbocycles. The number of likely N-dealkylation sites (N-methyl/N-ethyl adjacent to an activating group) is 1. The number of carbonyl (C=O) groups excluding carboxylic acids is 1. The molecule has 0 spiro atoms. The van der Waals surface area contributed by atoms with E-state index in [9.17, 15) is 4.79 Å². The molecule has 3 aromatic heterocycles. The maximum atomic E-state index is 13.4. The molecule has 1 amide bonds. The van der Waals surface area contributed by atoms with Crippen LogP contribution in [-0.4, -0.2) is 28.8 Å². The summed E-state index contributed by atoms with van der Waals surface area (Å²) < 4.78 is 6.39. The number of aliphatic imine (C=N–C) groups is 1. The molecule has 1 aliphatic rings. The largest absolute Gasteiger partial charge is 0.464 e. The summed E-state index contributed by atoms with van der Waals surface area (Å²) in [5.41, 5.74) is 8.82. The first kappa shape index (κ1) is 20.0. The third-order valence-corrected chi connectivity index (χ3v) is 7.39. The second-order valence-electron chi connectivity index (χ2n) is 7.73. The number of nitrogens with two attached hydrogens (primary N) is 1. The van der Waals surface area contributed by atoms with Gasteiger partial charge >= 0.3 is 0 Å². The Morgan fingerprint density at radius 3 is 2.84 bits per heavy atom. The Labute approximate surface area is 191 Å². The van der Waals surface area contributed by atoms with Crippen molar-refractivity contribution in [1.29, 1.82) is 0 Å². The highest BCUT2D eigenvalue weighted by molar-refractivity contribution is 9.10. The normalized spacial score (nSPS) is 21.5. The summed E-state index contributed by atoms with van der Waals surface area (Å²) in [6.07, 6.45) is 3.42. The molecule has 0 fully saturated rings. The van der Waals surface area contributed by atoms with Crippen LogP contribution in [0.1, 0.15) is 23.3 Å². The van der Waals surface area contributed by atoms with E-state index in [0.717, 1.165) is 37.1 Å². The van der Waals surface area contributed by atoms with Crippen molar-refractivity contribution in [3.05, 3.63) is 75.2 Å². The number of thiophene rings is 1. The Morgan fingerprint density at radius 2 is 2.06 bits per heavy atom. The fourth-order valence-electron chi connectivity index (χ4n) is 4.04. The van der Waals surface area contributed by atoms with Gasteiger partial charge < -0.3 is 10.2 Å². The van der Waals surface area contributed by atoms with Crippen LogP contribution in [0.15, 0.2) is 74.2 Å². The molecule has 8 heteroatoms. The second kappa shape index (κ2) is 7.32. The quantitative estimate of drug-likeness (QED) is 0.429. The number of pyridine rings is 1. The van der Waals surface area contributed by atoms with Crippen LogP contribution < -0.4 is 5.73 Å². The predicted molar refractivity (Wildman–Crippen MR) is 126 cm³/mol. The van der Waals surface area contributed by atoms with Crippen molar-refractivity contribution in [2.75, 3.05) is 7.05 Å². The first-order valence-corrected chi connectivity index (χ1v) is 11.3. The number of aromatic nitrogens is 1. The fourth-order valence-corrected chi connectivity index (χ4v) is 5.31. The summed E-state index contributed by atoms with van der Waals surface area (Å²) in [5, 5.41) is 2.99. The molecule has 2 atom stereocenters. The molecule has 0 bridgehead atoms. The second-order valence-corrected chi connectivity index (χ2v) is 9.55. The molecule has 0 saturated heterocycles. The van der Waals surface area contributed by atoms with Crippen LogP contribution in [-0.2, 0) is 10.3 Å². The number of guanidine groups is 1. The molecule has 1 aliphatic heterocycles. The van der Waals surface area contributed by atoms with E-state index in [0.29, 0.717) is 0 Å². The smallest absolute Gasteiger partial charge is 0.239 e. The van der Waals surface area contributed by atoms with Crippen molar-refractivity contribution in [3.63, 3.8) is 0 Å². The minimum atomic E-state index is -0.844.